The molecule has 3 N–H and O–H groups in total. The van der Waals surface area contributed by atoms with Gasteiger partial charge in [0.25, 0.3) is 17.5 Å². The molecule has 2 aromatic carbocycles. The summed E-state index contributed by atoms with van der Waals surface area (Å²) in [5, 5.41) is 19.6. The van der Waals surface area contributed by atoms with E-state index in [0.29, 0.717) is 16.9 Å². The first-order chi connectivity index (χ1) is 12.5. The number of nitrogens with one attached hydrogen (secondary N) is 3. The Bertz CT molecular complexity index is 877. The molecule has 0 saturated heterocycles. The van der Waals surface area contributed by atoms with Gasteiger partial charge in [-0.2, -0.15) is 0 Å². The van der Waals surface area contributed by atoms with Gasteiger partial charge in [-0.05, 0) is 43.2 Å². The van der Waals surface area contributed by atoms with Crippen molar-refractivity contribution in [1.82, 2.24) is 5.32 Å². The van der Waals surface area contributed by atoms with E-state index < -0.39 is 10.8 Å². The summed E-state index contributed by atoms with van der Waals surface area (Å²) in [6.45, 7) is 0. The normalized spacial score (nSPS) is 13.0. The number of hydrogen-bond acceptors (Lipinski definition) is 5. The smallest absolute Gasteiger partial charge is 0.293 e. The van der Waals surface area contributed by atoms with Crippen LogP contribution in [0.4, 0.5) is 17.1 Å². The van der Waals surface area contributed by atoms with E-state index >= 15 is 0 Å². The Kier molecular flexibility index (Phi) is 4.83. The number of benzene rings is 2. The average molecular weight is 354 g/mol. The highest BCUT2D eigenvalue weighted by atomic mass is 16.6. The highest BCUT2D eigenvalue weighted by Crippen LogP contribution is 2.31. The maximum Gasteiger partial charge on any atom is 0.293 e. The minimum Gasteiger partial charge on any atom is -0.377 e. The molecule has 0 radical (unpaired) electrons. The SMILES string of the molecule is CNC(=O)c1cccc(NC(=O)c2ccc(NC3CC3)c([N+](=O)[O-])c2)c1. The fourth-order valence-corrected chi connectivity index (χ4v) is 2.48. The summed E-state index contributed by atoms with van der Waals surface area (Å²) in [4.78, 5) is 34.9. The van der Waals surface area contributed by atoms with Crippen molar-refractivity contribution in [1.29, 1.82) is 0 Å². The summed E-state index contributed by atoms with van der Waals surface area (Å²) in [7, 11) is 1.52. The van der Waals surface area contributed by atoms with Crippen LogP contribution in [0.1, 0.15) is 33.6 Å². The second-order valence-electron chi connectivity index (χ2n) is 6.02. The molecule has 1 fully saturated rings. The van der Waals surface area contributed by atoms with Crippen molar-refractivity contribution in [3.05, 3.63) is 63.7 Å². The highest BCUT2D eigenvalue weighted by molar-refractivity contribution is 6.05. The van der Waals surface area contributed by atoms with Crippen LogP contribution < -0.4 is 16.0 Å². The van der Waals surface area contributed by atoms with Crippen LogP contribution in [-0.4, -0.2) is 29.8 Å². The summed E-state index contributed by atoms with van der Waals surface area (Å²) < 4.78 is 0. The number of amides is 2. The number of nitro groups is 1. The van der Waals surface area contributed by atoms with Crippen molar-refractivity contribution in [2.75, 3.05) is 17.7 Å². The summed E-state index contributed by atoms with van der Waals surface area (Å²) in [5.41, 5.74) is 1.28. The molecule has 1 saturated carbocycles. The monoisotopic (exact) mass is 354 g/mol. The van der Waals surface area contributed by atoms with E-state index in [1.54, 1.807) is 24.3 Å². The molecule has 1 aliphatic rings. The van der Waals surface area contributed by atoms with Crippen LogP contribution in [0.25, 0.3) is 0 Å². The Morgan fingerprint density at radius 2 is 1.81 bits per heavy atom. The van der Waals surface area contributed by atoms with Crippen LogP contribution in [0.15, 0.2) is 42.5 Å². The minimum atomic E-state index is -0.506. The zero-order valence-corrected chi connectivity index (χ0v) is 14.1. The molecule has 134 valence electrons. The van der Waals surface area contributed by atoms with Crippen molar-refractivity contribution in [2.45, 2.75) is 18.9 Å². The van der Waals surface area contributed by atoms with Gasteiger partial charge in [-0.1, -0.05) is 6.07 Å². The first-order valence-electron chi connectivity index (χ1n) is 8.16. The molecule has 0 atom stereocenters. The van der Waals surface area contributed by atoms with Crippen LogP contribution in [0.3, 0.4) is 0 Å². The lowest BCUT2D eigenvalue weighted by molar-refractivity contribution is -0.384. The number of rotatable bonds is 6. The fraction of sp³-hybridized carbons (Fsp3) is 0.222. The van der Waals surface area contributed by atoms with E-state index in [4.69, 9.17) is 0 Å². The van der Waals surface area contributed by atoms with E-state index in [1.807, 2.05) is 0 Å². The number of nitrogens with zero attached hydrogens (tertiary/aromatic N) is 1. The van der Waals surface area contributed by atoms with Gasteiger partial charge < -0.3 is 16.0 Å². The quantitative estimate of drug-likeness (QED) is 0.545. The molecule has 3 rings (SSSR count). The number of nitro benzene ring substituents is 1. The number of carbonyl (C=O) groups excluding carboxylic acids is 2. The molecule has 0 aliphatic heterocycles. The summed E-state index contributed by atoms with van der Waals surface area (Å²) >= 11 is 0. The lowest BCUT2D eigenvalue weighted by Gasteiger charge is -2.09. The van der Waals surface area contributed by atoms with Crippen molar-refractivity contribution in [2.24, 2.45) is 0 Å². The van der Waals surface area contributed by atoms with Crippen LogP contribution in [-0.2, 0) is 0 Å². The standard InChI is InChI=1S/C18H18N4O4/c1-19-17(23)11-3-2-4-14(9-11)21-18(24)12-5-8-15(20-13-6-7-13)16(10-12)22(25)26/h2-5,8-10,13,20H,6-7H2,1H3,(H,19,23)(H,21,24). The van der Waals surface area contributed by atoms with E-state index in [9.17, 15) is 19.7 Å². The van der Waals surface area contributed by atoms with Crippen LogP contribution in [0.2, 0.25) is 0 Å². The van der Waals surface area contributed by atoms with Crippen LogP contribution >= 0.6 is 0 Å². The topological polar surface area (TPSA) is 113 Å². The Hall–Kier alpha value is -3.42. The predicted octanol–water partition coefficient (Wildman–Crippen LogP) is 2.78. The van der Waals surface area contributed by atoms with Crippen LogP contribution in [0.5, 0.6) is 0 Å². The molecule has 2 aromatic rings. The molecular formula is C18H18N4O4. The van der Waals surface area contributed by atoms with E-state index in [0.717, 1.165) is 12.8 Å². The first-order valence-corrected chi connectivity index (χ1v) is 8.16. The molecule has 0 heterocycles. The van der Waals surface area contributed by atoms with Gasteiger partial charge in [-0.25, -0.2) is 0 Å². The van der Waals surface area contributed by atoms with E-state index in [2.05, 4.69) is 16.0 Å². The molecule has 0 unspecified atom stereocenters. The first kappa shape index (κ1) is 17.4. The van der Waals surface area contributed by atoms with Gasteiger partial charge in [0.2, 0.25) is 0 Å². The van der Waals surface area contributed by atoms with Gasteiger partial charge in [0.1, 0.15) is 5.69 Å². The molecule has 0 bridgehead atoms. The molecule has 8 heteroatoms. The summed E-state index contributed by atoms with van der Waals surface area (Å²) in [5.74, 6) is -0.757. The average Bonchev–Trinajstić information content (AvgIpc) is 3.45. The second-order valence-corrected chi connectivity index (χ2v) is 6.02. The molecule has 1 aliphatic carbocycles. The lowest BCUT2D eigenvalue weighted by Crippen LogP contribution is -2.18. The Morgan fingerprint density at radius 1 is 1.08 bits per heavy atom. The van der Waals surface area contributed by atoms with Gasteiger partial charge in [0.05, 0.1) is 4.92 Å². The van der Waals surface area contributed by atoms with Gasteiger partial charge in [0.15, 0.2) is 0 Å². The predicted molar refractivity (Wildman–Crippen MR) is 97.5 cm³/mol. The van der Waals surface area contributed by atoms with E-state index in [-0.39, 0.29) is 23.2 Å². The zero-order chi connectivity index (χ0) is 18.7. The Morgan fingerprint density at radius 3 is 2.46 bits per heavy atom. The van der Waals surface area contributed by atoms with Crippen molar-refractivity contribution < 1.29 is 14.5 Å². The van der Waals surface area contributed by atoms with Crippen molar-refractivity contribution in [3.8, 4) is 0 Å². The lowest BCUT2D eigenvalue weighted by atomic mass is 10.1. The number of anilines is 2. The van der Waals surface area contributed by atoms with Crippen molar-refractivity contribution in [3.63, 3.8) is 0 Å². The largest absolute Gasteiger partial charge is 0.377 e. The molecule has 2 amide bonds. The molecular weight excluding hydrogens is 336 g/mol. The summed E-state index contributed by atoms with van der Waals surface area (Å²) in [6, 6.07) is 11.0. The molecule has 0 spiro atoms. The van der Waals surface area contributed by atoms with Crippen LogP contribution in [0, 0.1) is 10.1 Å². The third-order valence-corrected chi connectivity index (χ3v) is 4.00. The fourth-order valence-electron chi connectivity index (χ4n) is 2.48. The van der Waals surface area contributed by atoms with Gasteiger partial charge in [-0.3, -0.25) is 19.7 Å². The number of hydrogen-bond donors (Lipinski definition) is 3. The van der Waals surface area contributed by atoms with Gasteiger partial charge in [-0.15, -0.1) is 0 Å². The van der Waals surface area contributed by atoms with Gasteiger partial charge in [0, 0.05) is 36.0 Å². The minimum absolute atomic E-state index is 0.135. The second kappa shape index (κ2) is 7.22. The molecule has 0 aromatic heterocycles. The summed E-state index contributed by atoms with van der Waals surface area (Å²) in [6.07, 6.45) is 1.97. The van der Waals surface area contributed by atoms with Crippen molar-refractivity contribution >= 4 is 28.9 Å². The number of carbonyl (C=O) groups is 2. The third kappa shape index (κ3) is 3.97. The third-order valence-electron chi connectivity index (χ3n) is 4.00. The van der Waals surface area contributed by atoms with E-state index in [1.165, 1.54) is 25.2 Å². The highest BCUT2D eigenvalue weighted by Gasteiger charge is 2.25. The molecule has 26 heavy (non-hydrogen) atoms. The zero-order valence-electron chi connectivity index (χ0n) is 14.1. The van der Waals surface area contributed by atoms with Gasteiger partial charge >= 0.3 is 0 Å². The Labute approximate surface area is 149 Å². The molecule has 8 nitrogen and oxygen atoms in total. The maximum absolute atomic E-state index is 12.4. The maximum atomic E-state index is 12.4. The Balaban J connectivity index is 1.80.